The largest absolute Gasteiger partial charge is 0.482 e. The molecule has 0 aliphatic heterocycles. The number of nitrogens with one attached hydrogen (secondary N) is 1. The fourth-order valence-corrected chi connectivity index (χ4v) is 2.29. The maximum atomic E-state index is 11.9. The van der Waals surface area contributed by atoms with Crippen molar-refractivity contribution < 1.29 is 27.4 Å². The van der Waals surface area contributed by atoms with Crippen molar-refractivity contribution in [1.82, 2.24) is 4.72 Å². The Hall–Kier alpha value is -1.67. The molecule has 6 nitrogen and oxygen atoms in total. The number of carbonyl (C=O) groups is 1. The van der Waals surface area contributed by atoms with Crippen LogP contribution in [-0.4, -0.2) is 39.3 Å². The molecule has 0 saturated heterocycles. The molecule has 0 aromatic heterocycles. The summed E-state index contributed by atoms with van der Waals surface area (Å²) in [7, 11) is -3.67. The van der Waals surface area contributed by atoms with Crippen molar-refractivity contribution >= 4 is 16.0 Å². The first-order valence-electron chi connectivity index (χ1n) is 5.46. The van der Waals surface area contributed by atoms with Crippen molar-refractivity contribution in [3.05, 3.63) is 24.3 Å². The van der Waals surface area contributed by atoms with Gasteiger partial charge in [0.15, 0.2) is 6.61 Å². The Morgan fingerprint density at radius 3 is 2.47 bits per heavy atom. The van der Waals surface area contributed by atoms with E-state index < -0.39 is 29.3 Å². The molecule has 106 valence electrons. The molecule has 0 aliphatic rings. The highest BCUT2D eigenvalue weighted by Gasteiger charge is 2.13. The first-order chi connectivity index (χ1) is 8.95. The van der Waals surface area contributed by atoms with Gasteiger partial charge in [0, 0.05) is 6.54 Å². The average molecular weight is 291 g/mol. The van der Waals surface area contributed by atoms with Crippen LogP contribution in [0.2, 0.25) is 0 Å². The van der Waals surface area contributed by atoms with Gasteiger partial charge in [-0.05, 0) is 30.7 Å². The van der Waals surface area contributed by atoms with Gasteiger partial charge in [-0.3, -0.25) is 4.39 Å². The first-order valence-corrected chi connectivity index (χ1v) is 6.94. The van der Waals surface area contributed by atoms with Gasteiger partial charge in [-0.1, -0.05) is 0 Å². The molecule has 0 heterocycles. The lowest BCUT2D eigenvalue weighted by Gasteiger charge is -2.07. The Morgan fingerprint density at radius 2 is 1.95 bits per heavy atom. The van der Waals surface area contributed by atoms with Crippen molar-refractivity contribution in [3.63, 3.8) is 0 Å². The van der Waals surface area contributed by atoms with E-state index in [4.69, 9.17) is 9.84 Å². The SMILES string of the molecule is O=C(O)COc1ccc(S(=O)(=O)NCCCF)cc1. The Kier molecular flexibility index (Phi) is 5.71. The second-order valence-corrected chi connectivity index (χ2v) is 5.36. The third kappa shape index (κ3) is 5.23. The van der Waals surface area contributed by atoms with E-state index >= 15 is 0 Å². The Labute approximate surface area is 110 Å². The zero-order chi connectivity index (χ0) is 14.3. The fourth-order valence-electron chi connectivity index (χ4n) is 1.22. The van der Waals surface area contributed by atoms with Crippen molar-refractivity contribution in [2.75, 3.05) is 19.8 Å². The third-order valence-electron chi connectivity index (χ3n) is 2.10. The van der Waals surface area contributed by atoms with E-state index in [2.05, 4.69) is 4.72 Å². The van der Waals surface area contributed by atoms with E-state index in [0.29, 0.717) is 0 Å². The van der Waals surface area contributed by atoms with Crippen LogP contribution in [0.15, 0.2) is 29.2 Å². The minimum Gasteiger partial charge on any atom is -0.482 e. The molecule has 0 radical (unpaired) electrons. The quantitative estimate of drug-likeness (QED) is 0.691. The van der Waals surface area contributed by atoms with Gasteiger partial charge < -0.3 is 9.84 Å². The van der Waals surface area contributed by atoms with Crippen molar-refractivity contribution in [3.8, 4) is 5.75 Å². The maximum absolute atomic E-state index is 11.9. The number of rotatable bonds is 8. The zero-order valence-electron chi connectivity index (χ0n) is 10.0. The second kappa shape index (κ2) is 7.05. The van der Waals surface area contributed by atoms with Gasteiger partial charge in [-0.15, -0.1) is 0 Å². The highest BCUT2D eigenvalue weighted by molar-refractivity contribution is 7.89. The monoisotopic (exact) mass is 291 g/mol. The molecule has 0 atom stereocenters. The zero-order valence-corrected chi connectivity index (χ0v) is 10.8. The number of hydrogen-bond acceptors (Lipinski definition) is 4. The van der Waals surface area contributed by atoms with Crippen LogP contribution in [0.4, 0.5) is 4.39 Å². The Morgan fingerprint density at radius 1 is 1.32 bits per heavy atom. The lowest BCUT2D eigenvalue weighted by Crippen LogP contribution is -2.25. The lowest BCUT2D eigenvalue weighted by atomic mass is 10.3. The topological polar surface area (TPSA) is 92.7 Å². The highest BCUT2D eigenvalue weighted by atomic mass is 32.2. The molecular formula is C11H14FNO5S. The molecule has 1 aromatic carbocycles. The lowest BCUT2D eigenvalue weighted by molar-refractivity contribution is -0.139. The molecule has 0 spiro atoms. The van der Waals surface area contributed by atoms with Gasteiger partial charge >= 0.3 is 5.97 Å². The summed E-state index contributed by atoms with van der Waals surface area (Å²) in [6, 6.07) is 5.28. The molecule has 1 aromatic rings. The Balaban J connectivity index is 2.66. The molecule has 0 amide bonds. The van der Waals surface area contributed by atoms with Gasteiger partial charge in [-0.25, -0.2) is 17.9 Å². The average Bonchev–Trinajstić information content (AvgIpc) is 2.37. The predicted molar refractivity (Wildman–Crippen MR) is 65.4 cm³/mol. The summed E-state index contributed by atoms with van der Waals surface area (Å²) in [6.07, 6.45) is 0.110. The number of benzene rings is 1. The summed E-state index contributed by atoms with van der Waals surface area (Å²) in [6.45, 7) is -1.07. The van der Waals surface area contributed by atoms with Gasteiger partial charge in [0.05, 0.1) is 11.6 Å². The molecule has 8 heteroatoms. The van der Waals surface area contributed by atoms with E-state index in [1.807, 2.05) is 0 Å². The number of alkyl halides is 1. The number of carboxylic acid groups (broad SMARTS) is 1. The molecular weight excluding hydrogens is 277 g/mol. The number of halogens is 1. The summed E-state index contributed by atoms with van der Waals surface area (Å²) < 4.78 is 42.4. The van der Waals surface area contributed by atoms with E-state index in [0.717, 1.165) is 0 Å². The predicted octanol–water partition coefficient (Wildman–Crippen LogP) is 0.788. The summed E-state index contributed by atoms with van der Waals surface area (Å²) in [4.78, 5) is 10.3. The molecule has 2 N–H and O–H groups in total. The number of ether oxygens (including phenoxy) is 1. The molecule has 19 heavy (non-hydrogen) atoms. The molecule has 0 bridgehead atoms. The van der Waals surface area contributed by atoms with Gasteiger partial charge in [0.2, 0.25) is 10.0 Å². The van der Waals surface area contributed by atoms with Crippen LogP contribution in [-0.2, 0) is 14.8 Å². The van der Waals surface area contributed by atoms with Crippen molar-refractivity contribution in [2.45, 2.75) is 11.3 Å². The summed E-state index contributed by atoms with van der Waals surface area (Å²) in [5.41, 5.74) is 0. The van der Waals surface area contributed by atoms with Crippen molar-refractivity contribution in [1.29, 1.82) is 0 Å². The Bertz CT molecular complexity index is 514. The normalized spacial score (nSPS) is 11.2. The minimum atomic E-state index is -3.67. The number of sulfonamides is 1. The van der Waals surface area contributed by atoms with Crippen LogP contribution < -0.4 is 9.46 Å². The second-order valence-electron chi connectivity index (χ2n) is 3.59. The van der Waals surface area contributed by atoms with Crippen LogP contribution in [0.5, 0.6) is 5.75 Å². The maximum Gasteiger partial charge on any atom is 0.341 e. The highest BCUT2D eigenvalue weighted by Crippen LogP contribution is 2.15. The van der Waals surface area contributed by atoms with Crippen LogP contribution in [0.1, 0.15) is 6.42 Å². The fraction of sp³-hybridized carbons (Fsp3) is 0.364. The van der Waals surface area contributed by atoms with E-state index in [9.17, 15) is 17.6 Å². The standard InChI is InChI=1S/C11H14FNO5S/c12-6-1-7-13-19(16,17)10-4-2-9(3-5-10)18-8-11(14)15/h2-5,13H,1,6-8H2,(H,14,15). The molecule has 0 saturated carbocycles. The molecule has 1 rings (SSSR count). The van der Waals surface area contributed by atoms with E-state index in [1.54, 1.807) is 0 Å². The van der Waals surface area contributed by atoms with Gasteiger partial charge in [-0.2, -0.15) is 0 Å². The minimum absolute atomic E-state index is 0.00836. The van der Waals surface area contributed by atoms with Crippen LogP contribution in [0.25, 0.3) is 0 Å². The number of hydrogen-bond donors (Lipinski definition) is 2. The van der Waals surface area contributed by atoms with Crippen LogP contribution >= 0.6 is 0 Å². The van der Waals surface area contributed by atoms with Crippen LogP contribution in [0.3, 0.4) is 0 Å². The van der Waals surface area contributed by atoms with E-state index in [-0.39, 0.29) is 23.6 Å². The molecule has 0 fully saturated rings. The van der Waals surface area contributed by atoms with Crippen molar-refractivity contribution in [2.24, 2.45) is 0 Å². The van der Waals surface area contributed by atoms with Crippen LogP contribution in [0, 0.1) is 0 Å². The number of aliphatic carboxylic acids is 1. The third-order valence-corrected chi connectivity index (χ3v) is 3.58. The number of carboxylic acids is 1. The molecule has 0 aliphatic carbocycles. The smallest absolute Gasteiger partial charge is 0.341 e. The summed E-state index contributed by atoms with van der Waals surface area (Å²) >= 11 is 0. The molecule has 0 unspecified atom stereocenters. The van der Waals surface area contributed by atoms with Gasteiger partial charge in [0.25, 0.3) is 0 Å². The first kappa shape index (κ1) is 15.4. The summed E-state index contributed by atoms with van der Waals surface area (Å²) in [5, 5.41) is 8.42. The summed E-state index contributed by atoms with van der Waals surface area (Å²) in [5.74, 6) is -0.866. The van der Waals surface area contributed by atoms with E-state index in [1.165, 1.54) is 24.3 Å². The van der Waals surface area contributed by atoms with Gasteiger partial charge in [0.1, 0.15) is 5.75 Å².